The summed E-state index contributed by atoms with van der Waals surface area (Å²) in [5, 5.41) is 20.1. The summed E-state index contributed by atoms with van der Waals surface area (Å²) in [6.07, 6.45) is 0. The quantitative estimate of drug-likeness (QED) is 0.389. The topological polar surface area (TPSA) is 105 Å². The lowest BCUT2D eigenvalue weighted by Crippen LogP contribution is -2.40. The second-order valence-electron chi connectivity index (χ2n) is 6.41. The first kappa shape index (κ1) is 18.3. The molecule has 1 aliphatic heterocycles. The van der Waals surface area contributed by atoms with Crippen LogP contribution in [-0.4, -0.2) is 26.7 Å². The van der Waals surface area contributed by atoms with E-state index in [-0.39, 0.29) is 12.2 Å². The molecular weight excluding hydrogens is 400 g/mol. The molecule has 3 aromatic rings. The van der Waals surface area contributed by atoms with Crippen molar-refractivity contribution < 1.29 is 14.5 Å². The zero-order valence-corrected chi connectivity index (χ0v) is 16.3. The fraction of sp³-hybridized carbons (Fsp3) is 0.167. The van der Waals surface area contributed by atoms with E-state index in [1.807, 2.05) is 22.2 Å². The number of rotatable bonds is 5. The van der Waals surface area contributed by atoms with Crippen molar-refractivity contribution in [2.45, 2.75) is 19.0 Å². The van der Waals surface area contributed by atoms with Gasteiger partial charge in [0.2, 0.25) is 0 Å². The van der Waals surface area contributed by atoms with Gasteiger partial charge in [0.15, 0.2) is 0 Å². The van der Waals surface area contributed by atoms with E-state index in [1.165, 1.54) is 35.6 Å². The molecule has 1 unspecified atom stereocenters. The average Bonchev–Trinajstić information content (AvgIpc) is 3.40. The molecule has 1 atom stereocenters. The Kier molecular flexibility index (Phi) is 4.44. The molecule has 1 N–H and O–H groups in total. The zero-order valence-electron chi connectivity index (χ0n) is 14.6. The summed E-state index contributed by atoms with van der Waals surface area (Å²) in [6, 6.07) is 7.05. The lowest BCUT2D eigenvalue weighted by molar-refractivity contribution is -0.384. The molecule has 0 saturated carbocycles. The number of nitrogens with zero attached hydrogens (tertiary/aromatic N) is 3. The number of carbonyl (C=O) groups excluding carboxylic acids is 2. The molecule has 1 saturated heterocycles. The van der Waals surface area contributed by atoms with Gasteiger partial charge in [0.1, 0.15) is 10.5 Å². The molecule has 0 radical (unpaired) electrons. The number of hydrogen-bond acceptors (Lipinski definition) is 7. The highest BCUT2D eigenvalue weighted by Crippen LogP contribution is 2.32. The van der Waals surface area contributed by atoms with Crippen LogP contribution in [-0.2, 0) is 16.9 Å². The molecule has 2 aromatic heterocycles. The molecule has 1 aliphatic rings. The van der Waals surface area contributed by atoms with Crippen LogP contribution in [0.1, 0.15) is 18.2 Å². The Hall–Kier alpha value is -3.11. The van der Waals surface area contributed by atoms with Gasteiger partial charge in [0.25, 0.3) is 11.6 Å². The number of nitrogens with one attached hydrogen (secondary N) is 1. The number of nitro benzene ring substituents is 1. The summed E-state index contributed by atoms with van der Waals surface area (Å²) in [6.45, 7) is 1.65. The minimum absolute atomic E-state index is 0.0634. The maximum absolute atomic E-state index is 13.0. The van der Waals surface area contributed by atoms with Crippen molar-refractivity contribution in [3.8, 4) is 10.6 Å². The molecule has 0 aliphatic carbocycles. The third-order valence-corrected chi connectivity index (χ3v) is 6.19. The van der Waals surface area contributed by atoms with Gasteiger partial charge in [-0.3, -0.25) is 19.8 Å². The van der Waals surface area contributed by atoms with E-state index < -0.39 is 22.4 Å². The number of benzene rings is 1. The number of aromatic nitrogens is 1. The predicted octanol–water partition coefficient (Wildman–Crippen LogP) is 3.75. The summed E-state index contributed by atoms with van der Waals surface area (Å²) < 4.78 is 0. The fourth-order valence-corrected chi connectivity index (χ4v) is 4.54. The first-order valence-corrected chi connectivity index (χ1v) is 10.1. The van der Waals surface area contributed by atoms with Crippen molar-refractivity contribution >= 4 is 40.3 Å². The van der Waals surface area contributed by atoms with Crippen molar-refractivity contribution in [2.24, 2.45) is 0 Å². The Balaban J connectivity index is 1.56. The molecule has 8 nitrogen and oxygen atoms in total. The van der Waals surface area contributed by atoms with E-state index in [4.69, 9.17) is 0 Å². The number of nitro groups is 1. The molecule has 0 spiro atoms. The van der Waals surface area contributed by atoms with Gasteiger partial charge >= 0.3 is 6.03 Å². The van der Waals surface area contributed by atoms with Crippen LogP contribution in [0.15, 0.2) is 46.5 Å². The second-order valence-corrected chi connectivity index (χ2v) is 8.04. The molecule has 0 bridgehead atoms. The van der Waals surface area contributed by atoms with Crippen LogP contribution in [0.2, 0.25) is 0 Å². The number of thiazole rings is 1. The van der Waals surface area contributed by atoms with Crippen LogP contribution in [0.4, 0.5) is 10.5 Å². The number of amides is 3. The molecule has 142 valence electrons. The standard InChI is InChI=1S/C18H14N4O4S2/c1-18(12-2-4-14(5-3-12)22(25)26)16(23)21(17(24)20-18)8-13-10-28-15(19-13)11-6-7-27-9-11/h2-7,9-10H,8H2,1H3,(H,20,24). The minimum Gasteiger partial charge on any atom is -0.319 e. The fourth-order valence-electron chi connectivity index (χ4n) is 3.01. The van der Waals surface area contributed by atoms with Gasteiger partial charge in [-0.25, -0.2) is 9.78 Å². The largest absolute Gasteiger partial charge is 0.325 e. The first-order chi connectivity index (χ1) is 13.4. The Labute approximate surface area is 167 Å². The Morgan fingerprint density at radius 1 is 1.21 bits per heavy atom. The molecule has 10 heteroatoms. The van der Waals surface area contributed by atoms with Gasteiger partial charge in [-0.05, 0) is 36.1 Å². The smallest absolute Gasteiger partial charge is 0.319 e. The van der Waals surface area contributed by atoms with Gasteiger partial charge in [0.05, 0.1) is 17.2 Å². The molecule has 3 heterocycles. The molecular formula is C18H14N4O4S2. The summed E-state index contributed by atoms with van der Waals surface area (Å²) >= 11 is 3.03. The predicted molar refractivity (Wildman–Crippen MR) is 105 cm³/mol. The number of thiophene rings is 1. The van der Waals surface area contributed by atoms with E-state index in [0.29, 0.717) is 11.3 Å². The van der Waals surface area contributed by atoms with Crippen molar-refractivity contribution in [1.29, 1.82) is 0 Å². The highest BCUT2D eigenvalue weighted by Gasteiger charge is 2.49. The second kappa shape index (κ2) is 6.80. The normalized spacial score (nSPS) is 19.1. The third-order valence-electron chi connectivity index (χ3n) is 4.57. The van der Waals surface area contributed by atoms with Crippen molar-refractivity contribution in [2.75, 3.05) is 0 Å². The zero-order chi connectivity index (χ0) is 19.9. The van der Waals surface area contributed by atoms with Gasteiger partial charge in [-0.1, -0.05) is 0 Å². The van der Waals surface area contributed by atoms with E-state index in [9.17, 15) is 19.7 Å². The lowest BCUT2D eigenvalue weighted by Gasteiger charge is -2.21. The number of carbonyl (C=O) groups is 2. The Bertz CT molecular complexity index is 1060. The number of non-ortho nitro benzene ring substituents is 1. The molecule has 28 heavy (non-hydrogen) atoms. The summed E-state index contributed by atoms with van der Waals surface area (Å²) in [5.41, 5.74) is 0.760. The third kappa shape index (κ3) is 3.06. The molecule has 1 fully saturated rings. The lowest BCUT2D eigenvalue weighted by atomic mass is 9.92. The van der Waals surface area contributed by atoms with Gasteiger partial charge in [-0.15, -0.1) is 11.3 Å². The Morgan fingerprint density at radius 3 is 2.61 bits per heavy atom. The average molecular weight is 414 g/mol. The van der Waals surface area contributed by atoms with Crippen LogP contribution in [0, 0.1) is 10.1 Å². The maximum atomic E-state index is 13.0. The number of imide groups is 1. The Morgan fingerprint density at radius 2 is 1.96 bits per heavy atom. The molecule has 1 aromatic carbocycles. The maximum Gasteiger partial charge on any atom is 0.325 e. The van der Waals surface area contributed by atoms with Crippen molar-refractivity contribution in [1.82, 2.24) is 15.2 Å². The van der Waals surface area contributed by atoms with Crippen LogP contribution in [0.3, 0.4) is 0 Å². The van der Waals surface area contributed by atoms with Gasteiger partial charge in [-0.2, -0.15) is 11.3 Å². The molecule has 3 amide bonds. The van der Waals surface area contributed by atoms with Crippen LogP contribution in [0.5, 0.6) is 0 Å². The first-order valence-electron chi connectivity index (χ1n) is 8.24. The summed E-state index contributed by atoms with van der Waals surface area (Å²) in [5.74, 6) is -0.420. The van der Waals surface area contributed by atoms with Crippen LogP contribution < -0.4 is 5.32 Å². The van der Waals surface area contributed by atoms with Crippen LogP contribution >= 0.6 is 22.7 Å². The van der Waals surface area contributed by atoms with Gasteiger partial charge < -0.3 is 5.32 Å². The summed E-state index contributed by atoms with van der Waals surface area (Å²) in [7, 11) is 0. The van der Waals surface area contributed by atoms with E-state index in [0.717, 1.165) is 15.5 Å². The highest BCUT2D eigenvalue weighted by molar-refractivity contribution is 7.14. The molecule has 4 rings (SSSR count). The van der Waals surface area contributed by atoms with E-state index in [2.05, 4.69) is 10.3 Å². The van der Waals surface area contributed by atoms with Crippen molar-refractivity contribution in [3.63, 3.8) is 0 Å². The van der Waals surface area contributed by atoms with E-state index in [1.54, 1.807) is 18.3 Å². The van der Waals surface area contributed by atoms with Crippen molar-refractivity contribution in [3.05, 3.63) is 67.8 Å². The number of urea groups is 1. The van der Waals surface area contributed by atoms with Crippen LogP contribution in [0.25, 0.3) is 10.6 Å². The highest BCUT2D eigenvalue weighted by atomic mass is 32.1. The monoisotopic (exact) mass is 414 g/mol. The summed E-state index contributed by atoms with van der Waals surface area (Å²) in [4.78, 5) is 41.4. The van der Waals surface area contributed by atoms with E-state index >= 15 is 0 Å². The number of hydrogen-bond donors (Lipinski definition) is 1. The minimum atomic E-state index is -1.28. The van der Waals surface area contributed by atoms with Gasteiger partial charge in [0, 0.05) is 28.5 Å². The SMILES string of the molecule is CC1(c2ccc([N+](=O)[O-])cc2)NC(=O)N(Cc2csc(-c3ccsc3)n2)C1=O.